The van der Waals surface area contributed by atoms with Crippen molar-refractivity contribution in [3.8, 4) is 0 Å². The molecule has 3 rings (SSSR count). The van der Waals surface area contributed by atoms with E-state index >= 15 is 0 Å². The second kappa shape index (κ2) is 5.94. The Balaban J connectivity index is 2.06. The lowest BCUT2D eigenvalue weighted by atomic mass is 10.1. The molecule has 22 heavy (non-hydrogen) atoms. The van der Waals surface area contributed by atoms with Gasteiger partial charge in [0.2, 0.25) is 0 Å². The van der Waals surface area contributed by atoms with Crippen molar-refractivity contribution in [2.45, 2.75) is 39.3 Å². The summed E-state index contributed by atoms with van der Waals surface area (Å²) >= 11 is 6.11. The van der Waals surface area contributed by atoms with Gasteiger partial charge in [-0.25, -0.2) is 0 Å². The SMILES string of the molecule is CCn1c(C(=O)N2CCC(O)CC2)c(C)c2cc(Cl)ccc21. The van der Waals surface area contributed by atoms with Gasteiger partial charge in [0, 0.05) is 35.6 Å². The Labute approximate surface area is 135 Å². The zero-order chi connectivity index (χ0) is 15.9. The Bertz CT molecular complexity index is 715. The van der Waals surface area contributed by atoms with E-state index in [2.05, 4.69) is 4.57 Å². The Morgan fingerprint density at radius 2 is 2.05 bits per heavy atom. The lowest BCUT2D eigenvalue weighted by molar-refractivity contribution is 0.0537. The van der Waals surface area contributed by atoms with Crippen molar-refractivity contribution in [1.29, 1.82) is 0 Å². The minimum Gasteiger partial charge on any atom is -0.393 e. The predicted octanol–water partition coefficient (Wildman–Crippen LogP) is 3.22. The number of likely N-dealkylation sites (tertiary alicyclic amines) is 1. The van der Waals surface area contributed by atoms with Crippen LogP contribution in [0.2, 0.25) is 5.02 Å². The van der Waals surface area contributed by atoms with E-state index in [1.807, 2.05) is 36.9 Å². The molecule has 0 unspecified atom stereocenters. The molecule has 0 saturated carbocycles. The van der Waals surface area contributed by atoms with Crippen LogP contribution in [0.3, 0.4) is 0 Å². The molecule has 2 heterocycles. The van der Waals surface area contributed by atoms with Crippen LogP contribution in [0, 0.1) is 6.92 Å². The van der Waals surface area contributed by atoms with Crippen LogP contribution in [0.5, 0.6) is 0 Å². The standard InChI is InChI=1S/C17H21ClN2O2/c1-3-20-15-5-4-12(18)10-14(15)11(2)16(20)17(22)19-8-6-13(21)7-9-19/h4-5,10,13,21H,3,6-9H2,1-2H3. The van der Waals surface area contributed by atoms with Crippen LogP contribution in [-0.2, 0) is 6.54 Å². The molecule has 1 saturated heterocycles. The van der Waals surface area contributed by atoms with E-state index in [9.17, 15) is 9.90 Å². The first-order valence-corrected chi connectivity index (χ1v) is 8.16. The van der Waals surface area contributed by atoms with Crippen molar-refractivity contribution < 1.29 is 9.90 Å². The molecule has 0 radical (unpaired) electrons. The normalized spacial score (nSPS) is 16.5. The van der Waals surface area contributed by atoms with Gasteiger partial charge in [0.1, 0.15) is 5.69 Å². The second-order valence-electron chi connectivity index (χ2n) is 5.90. The zero-order valence-electron chi connectivity index (χ0n) is 13.0. The number of aromatic nitrogens is 1. The Morgan fingerprint density at radius 1 is 1.36 bits per heavy atom. The van der Waals surface area contributed by atoms with Crippen molar-refractivity contribution in [3.05, 3.63) is 34.5 Å². The van der Waals surface area contributed by atoms with Gasteiger partial charge in [-0.1, -0.05) is 11.6 Å². The first-order chi connectivity index (χ1) is 10.5. The first-order valence-electron chi connectivity index (χ1n) is 7.78. The Kier molecular flexibility index (Phi) is 4.15. The lowest BCUT2D eigenvalue weighted by Crippen LogP contribution is -2.41. The van der Waals surface area contributed by atoms with E-state index in [0.717, 1.165) is 28.7 Å². The van der Waals surface area contributed by atoms with Gasteiger partial charge in [0.05, 0.1) is 6.10 Å². The minimum atomic E-state index is -0.277. The minimum absolute atomic E-state index is 0.0542. The molecule has 5 heteroatoms. The molecule has 2 aromatic rings. The Morgan fingerprint density at radius 3 is 2.68 bits per heavy atom. The molecule has 1 aromatic carbocycles. The summed E-state index contributed by atoms with van der Waals surface area (Å²) in [4.78, 5) is 14.8. The number of nitrogens with zero attached hydrogens (tertiary/aromatic N) is 2. The topological polar surface area (TPSA) is 45.5 Å². The summed E-state index contributed by atoms with van der Waals surface area (Å²) in [5.74, 6) is 0.0542. The van der Waals surface area contributed by atoms with Crippen molar-refractivity contribution in [2.24, 2.45) is 0 Å². The summed E-state index contributed by atoms with van der Waals surface area (Å²) in [5, 5.41) is 11.3. The largest absolute Gasteiger partial charge is 0.393 e. The average Bonchev–Trinajstić information content (AvgIpc) is 2.79. The van der Waals surface area contributed by atoms with Crippen LogP contribution in [0.15, 0.2) is 18.2 Å². The number of rotatable bonds is 2. The molecule has 0 atom stereocenters. The van der Waals surface area contributed by atoms with E-state index in [0.29, 0.717) is 31.0 Å². The van der Waals surface area contributed by atoms with E-state index in [4.69, 9.17) is 11.6 Å². The number of amides is 1. The third-order valence-corrected chi connectivity index (χ3v) is 4.78. The number of carbonyl (C=O) groups excluding carboxylic acids is 1. The maximum absolute atomic E-state index is 13.0. The zero-order valence-corrected chi connectivity index (χ0v) is 13.7. The maximum atomic E-state index is 13.0. The molecule has 1 fully saturated rings. The highest BCUT2D eigenvalue weighted by Gasteiger charge is 2.27. The monoisotopic (exact) mass is 320 g/mol. The van der Waals surface area contributed by atoms with E-state index in [1.165, 1.54) is 0 Å². The van der Waals surface area contributed by atoms with Crippen molar-refractivity contribution in [3.63, 3.8) is 0 Å². The molecular weight excluding hydrogens is 300 g/mol. The van der Waals surface area contributed by atoms with Crippen LogP contribution < -0.4 is 0 Å². The van der Waals surface area contributed by atoms with Gasteiger partial charge in [0.15, 0.2) is 0 Å². The van der Waals surface area contributed by atoms with Gasteiger partial charge in [-0.15, -0.1) is 0 Å². The molecule has 1 amide bonds. The van der Waals surface area contributed by atoms with E-state index in [-0.39, 0.29) is 12.0 Å². The maximum Gasteiger partial charge on any atom is 0.270 e. The lowest BCUT2D eigenvalue weighted by Gasteiger charge is -2.30. The quantitative estimate of drug-likeness (QED) is 0.923. The van der Waals surface area contributed by atoms with Gasteiger partial charge in [-0.05, 0) is 50.5 Å². The summed E-state index contributed by atoms with van der Waals surface area (Å²) in [6, 6.07) is 5.76. The number of fused-ring (bicyclic) bond motifs is 1. The number of halogens is 1. The predicted molar refractivity (Wildman–Crippen MR) is 88.5 cm³/mol. The van der Waals surface area contributed by atoms with Crippen molar-refractivity contribution in [1.82, 2.24) is 9.47 Å². The fourth-order valence-electron chi connectivity index (χ4n) is 3.32. The molecule has 1 aliphatic rings. The number of aryl methyl sites for hydroxylation is 2. The number of hydrogen-bond acceptors (Lipinski definition) is 2. The molecule has 0 aliphatic carbocycles. The molecule has 0 spiro atoms. The van der Waals surface area contributed by atoms with Gasteiger partial charge < -0.3 is 14.6 Å². The Hall–Kier alpha value is -1.52. The highest BCUT2D eigenvalue weighted by Crippen LogP contribution is 2.29. The molecule has 118 valence electrons. The van der Waals surface area contributed by atoms with Crippen molar-refractivity contribution in [2.75, 3.05) is 13.1 Å². The molecular formula is C17H21ClN2O2. The number of hydrogen-bond donors (Lipinski definition) is 1. The molecule has 4 nitrogen and oxygen atoms in total. The third-order valence-electron chi connectivity index (χ3n) is 4.55. The van der Waals surface area contributed by atoms with Gasteiger partial charge in [-0.3, -0.25) is 4.79 Å². The summed E-state index contributed by atoms with van der Waals surface area (Å²) in [7, 11) is 0. The summed E-state index contributed by atoms with van der Waals surface area (Å²) < 4.78 is 2.06. The number of carbonyl (C=O) groups is 1. The molecule has 1 aromatic heterocycles. The van der Waals surface area contributed by atoms with Gasteiger partial charge in [0.25, 0.3) is 5.91 Å². The van der Waals surface area contributed by atoms with Crippen LogP contribution in [0.25, 0.3) is 10.9 Å². The third kappa shape index (κ3) is 2.50. The number of benzene rings is 1. The molecule has 0 bridgehead atoms. The number of aliphatic hydroxyl groups excluding tert-OH is 1. The highest BCUT2D eigenvalue weighted by atomic mass is 35.5. The summed E-state index contributed by atoms with van der Waals surface area (Å²) in [6.45, 7) is 6.00. The first kappa shape index (κ1) is 15.4. The van der Waals surface area contributed by atoms with Crippen LogP contribution in [0.1, 0.15) is 35.8 Å². The van der Waals surface area contributed by atoms with Crippen molar-refractivity contribution >= 4 is 28.4 Å². The van der Waals surface area contributed by atoms with Crippen LogP contribution in [-0.4, -0.2) is 39.7 Å². The molecule has 1 N–H and O–H groups in total. The average molecular weight is 321 g/mol. The molecule has 1 aliphatic heterocycles. The van der Waals surface area contributed by atoms with Gasteiger partial charge in [-0.2, -0.15) is 0 Å². The van der Waals surface area contributed by atoms with Crippen LogP contribution >= 0.6 is 11.6 Å². The smallest absolute Gasteiger partial charge is 0.270 e. The number of aliphatic hydroxyl groups is 1. The highest BCUT2D eigenvalue weighted by molar-refractivity contribution is 6.31. The fraction of sp³-hybridized carbons (Fsp3) is 0.471. The fourth-order valence-corrected chi connectivity index (χ4v) is 3.49. The number of piperidine rings is 1. The summed E-state index contributed by atoms with van der Waals surface area (Å²) in [5.41, 5.74) is 2.77. The summed E-state index contributed by atoms with van der Waals surface area (Å²) in [6.07, 6.45) is 1.03. The van der Waals surface area contributed by atoms with E-state index < -0.39 is 0 Å². The van der Waals surface area contributed by atoms with E-state index in [1.54, 1.807) is 0 Å². The second-order valence-corrected chi connectivity index (χ2v) is 6.34. The van der Waals surface area contributed by atoms with Crippen LogP contribution in [0.4, 0.5) is 0 Å². The van der Waals surface area contributed by atoms with Gasteiger partial charge >= 0.3 is 0 Å².